The first-order valence-corrected chi connectivity index (χ1v) is 7.29. The van der Waals surface area contributed by atoms with Gasteiger partial charge >= 0.3 is 5.76 Å². The normalized spacial score (nSPS) is 10.6. The van der Waals surface area contributed by atoms with Crippen LogP contribution in [0.25, 0.3) is 11.1 Å². The van der Waals surface area contributed by atoms with E-state index in [1.807, 2.05) is 6.07 Å². The zero-order chi connectivity index (χ0) is 16.4. The van der Waals surface area contributed by atoms with Gasteiger partial charge in [-0.05, 0) is 30.3 Å². The van der Waals surface area contributed by atoms with Crippen LogP contribution < -0.4 is 5.76 Å². The molecule has 0 atom stereocenters. The Kier molecular flexibility index (Phi) is 4.00. The number of carbonyl (C=O) groups is 1. The molecule has 0 N–H and O–H groups in total. The van der Waals surface area contributed by atoms with Crippen LogP contribution in [0.15, 0.2) is 51.7 Å². The number of carbonyl (C=O) groups excluding carboxylic acids is 1. The first-order chi connectivity index (χ1) is 11.1. The number of aromatic nitrogens is 1. The third kappa shape index (κ3) is 2.77. The average molecular weight is 327 g/mol. The Labute approximate surface area is 136 Å². The minimum Gasteiger partial charge on any atom is -0.408 e. The van der Waals surface area contributed by atoms with Crippen molar-refractivity contribution in [3.8, 4) is 6.07 Å². The van der Waals surface area contributed by atoms with Gasteiger partial charge in [-0.3, -0.25) is 9.36 Å². The molecule has 0 unspecified atom stereocenters. The van der Waals surface area contributed by atoms with E-state index >= 15 is 0 Å². The summed E-state index contributed by atoms with van der Waals surface area (Å²) in [5.74, 6) is -0.789. The Hall–Kier alpha value is -2.84. The molecule has 6 heteroatoms. The number of ketones is 1. The van der Waals surface area contributed by atoms with E-state index in [4.69, 9.17) is 21.3 Å². The number of hydrogen-bond acceptors (Lipinski definition) is 4. The summed E-state index contributed by atoms with van der Waals surface area (Å²) >= 11 is 6.04. The van der Waals surface area contributed by atoms with Crippen molar-refractivity contribution in [1.29, 1.82) is 5.26 Å². The molecule has 0 amide bonds. The number of nitriles is 1. The molecule has 0 saturated heterocycles. The van der Waals surface area contributed by atoms with Crippen molar-refractivity contribution >= 4 is 28.5 Å². The van der Waals surface area contributed by atoms with Crippen molar-refractivity contribution in [3.63, 3.8) is 0 Å². The van der Waals surface area contributed by atoms with Gasteiger partial charge < -0.3 is 4.42 Å². The molecule has 0 radical (unpaired) electrons. The van der Waals surface area contributed by atoms with Gasteiger partial charge in [-0.1, -0.05) is 23.7 Å². The van der Waals surface area contributed by atoms with Gasteiger partial charge in [0.1, 0.15) is 0 Å². The largest absolute Gasteiger partial charge is 0.419 e. The molecule has 3 aromatic rings. The maximum absolute atomic E-state index is 12.5. The summed E-state index contributed by atoms with van der Waals surface area (Å²) in [6.07, 6.45) is 0.203. The minimum absolute atomic E-state index is 0.203. The molecule has 0 fully saturated rings. The minimum atomic E-state index is -0.544. The van der Waals surface area contributed by atoms with Crippen molar-refractivity contribution in [2.75, 3.05) is 0 Å². The SMILES string of the molecule is N#CCCn1c(=O)oc2cc(C(=O)c3ccccc3Cl)ccc21. The summed E-state index contributed by atoms with van der Waals surface area (Å²) in [5, 5.41) is 9.01. The van der Waals surface area contributed by atoms with Crippen LogP contribution in [-0.4, -0.2) is 10.4 Å². The molecule has 0 bridgehead atoms. The van der Waals surface area contributed by atoms with Gasteiger partial charge in [-0.2, -0.15) is 5.26 Å². The quantitative estimate of drug-likeness (QED) is 0.689. The molecule has 114 valence electrons. The summed E-state index contributed by atoms with van der Waals surface area (Å²) in [5.41, 5.74) is 1.64. The monoisotopic (exact) mass is 326 g/mol. The van der Waals surface area contributed by atoms with Gasteiger partial charge in [0, 0.05) is 17.7 Å². The van der Waals surface area contributed by atoms with Crippen molar-refractivity contribution in [1.82, 2.24) is 4.57 Å². The second-order valence-corrected chi connectivity index (χ2v) is 5.33. The number of hydrogen-bond donors (Lipinski definition) is 0. The highest BCUT2D eigenvalue weighted by Crippen LogP contribution is 2.22. The van der Waals surface area contributed by atoms with Crippen LogP contribution in [0.1, 0.15) is 22.3 Å². The van der Waals surface area contributed by atoms with Crippen LogP contribution in [0.3, 0.4) is 0 Å². The van der Waals surface area contributed by atoms with Crippen LogP contribution in [0, 0.1) is 11.3 Å². The molecular weight excluding hydrogens is 316 g/mol. The molecule has 2 aromatic carbocycles. The fourth-order valence-electron chi connectivity index (χ4n) is 2.38. The second-order valence-electron chi connectivity index (χ2n) is 4.92. The van der Waals surface area contributed by atoms with E-state index in [0.717, 1.165) is 0 Å². The molecule has 1 heterocycles. The highest BCUT2D eigenvalue weighted by molar-refractivity contribution is 6.35. The van der Waals surface area contributed by atoms with E-state index in [2.05, 4.69) is 0 Å². The molecule has 0 aliphatic heterocycles. The highest BCUT2D eigenvalue weighted by atomic mass is 35.5. The maximum Gasteiger partial charge on any atom is 0.419 e. The van der Waals surface area contributed by atoms with Crippen LogP contribution in [-0.2, 0) is 6.54 Å². The molecule has 1 aromatic heterocycles. The molecule has 23 heavy (non-hydrogen) atoms. The molecule has 0 spiro atoms. The Morgan fingerprint density at radius 3 is 2.78 bits per heavy atom. The maximum atomic E-state index is 12.5. The lowest BCUT2D eigenvalue weighted by Crippen LogP contribution is -2.13. The number of nitrogens with zero attached hydrogens (tertiary/aromatic N) is 2. The first-order valence-electron chi connectivity index (χ1n) is 6.91. The van der Waals surface area contributed by atoms with Gasteiger partial charge in [0.15, 0.2) is 11.4 Å². The zero-order valence-electron chi connectivity index (χ0n) is 12.0. The summed E-state index contributed by atoms with van der Waals surface area (Å²) in [6.45, 7) is 0.250. The van der Waals surface area contributed by atoms with Crippen LogP contribution in [0.5, 0.6) is 0 Å². The van der Waals surface area contributed by atoms with Crippen LogP contribution in [0.4, 0.5) is 0 Å². The van der Waals surface area contributed by atoms with E-state index in [1.54, 1.807) is 36.4 Å². The number of benzene rings is 2. The number of halogens is 1. The van der Waals surface area contributed by atoms with E-state index < -0.39 is 5.76 Å². The van der Waals surface area contributed by atoms with Gasteiger partial charge in [-0.25, -0.2) is 4.79 Å². The lowest BCUT2D eigenvalue weighted by Gasteiger charge is -2.04. The standard InChI is InChI=1S/C17H11ClN2O3/c18-13-5-2-1-4-12(13)16(21)11-6-7-14-15(10-11)23-17(22)20(14)9-3-8-19/h1-2,4-7,10H,3,9H2. The Balaban J connectivity index is 2.05. The van der Waals surface area contributed by atoms with Gasteiger partial charge in [-0.15, -0.1) is 0 Å². The van der Waals surface area contributed by atoms with E-state index in [1.165, 1.54) is 10.6 Å². The smallest absolute Gasteiger partial charge is 0.408 e. The fraction of sp³-hybridized carbons (Fsp3) is 0.118. The molecule has 5 nitrogen and oxygen atoms in total. The number of fused-ring (bicyclic) bond motifs is 1. The number of oxazole rings is 1. The molecule has 3 rings (SSSR count). The summed E-state index contributed by atoms with van der Waals surface area (Å²) in [6, 6.07) is 13.5. The third-order valence-corrected chi connectivity index (χ3v) is 3.83. The molecule has 0 aliphatic rings. The van der Waals surface area contributed by atoms with E-state index in [0.29, 0.717) is 27.2 Å². The Bertz CT molecular complexity index is 995. The topological polar surface area (TPSA) is 76.0 Å². The summed E-state index contributed by atoms with van der Waals surface area (Å²) < 4.78 is 6.54. The van der Waals surface area contributed by atoms with Crippen molar-refractivity contribution in [3.05, 3.63) is 69.2 Å². The molecule has 0 saturated carbocycles. The lowest BCUT2D eigenvalue weighted by atomic mass is 10.0. The Morgan fingerprint density at radius 1 is 1.26 bits per heavy atom. The van der Waals surface area contributed by atoms with Crippen molar-refractivity contribution in [2.45, 2.75) is 13.0 Å². The van der Waals surface area contributed by atoms with Crippen LogP contribution in [0.2, 0.25) is 5.02 Å². The number of aryl methyl sites for hydroxylation is 1. The van der Waals surface area contributed by atoms with Gasteiger partial charge in [0.2, 0.25) is 0 Å². The first kappa shape index (κ1) is 15.1. The molecular formula is C17H11ClN2O3. The average Bonchev–Trinajstić information content (AvgIpc) is 2.87. The van der Waals surface area contributed by atoms with Crippen LogP contribution >= 0.6 is 11.6 Å². The van der Waals surface area contributed by atoms with Gasteiger partial charge in [0.25, 0.3) is 0 Å². The number of rotatable bonds is 4. The fourth-order valence-corrected chi connectivity index (χ4v) is 2.60. The van der Waals surface area contributed by atoms with Crippen molar-refractivity contribution in [2.24, 2.45) is 0 Å². The zero-order valence-corrected chi connectivity index (χ0v) is 12.7. The van der Waals surface area contributed by atoms with E-state index in [-0.39, 0.29) is 18.7 Å². The van der Waals surface area contributed by atoms with Gasteiger partial charge in [0.05, 0.1) is 23.0 Å². The lowest BCUT2D eigenvalue weighted by molar-refractivity contribution is 0.103. The third-order valence-electron chi connectivity index (χ3n) is 3.50. The second kappa shape index (κ2) is 6.11. The molecule has 0 aliphatic carbocycles. The summed E-state index contributed by atoms with van der Waals surface area (Å²) in [7, 11) is 0. The Morgan fingerprint density at radius 2 is 2.04 bits per heavy atom. The highest BCUT2D eigenvalue weighted by Gasteiger charge is 2.15. The van der Waals surface area contributed by atoms with Crippen molar-refractivity contribution < 1.29 is 9.21 Å². The van der Waals surface area contributed by atoms with E-state index in [9.17, 15) is 9.59 Å². The predicted molar refractivity (Wildman–Crippen MR) is 85.6 cm³/mol. The predicted octanol–water partition coefficient (Wildman–Crippen LogP) is 3.39. The summed E-state index contributed by atoms with van der Waals surface area (Å²) in [4.78, 5) is 24.4.